The Kier molecular flexibility index (Phi) is 6.67. The largest absolute Gasteiger partial charge is 0.497 e. The van der Waals surface area contributed by atoms with Crippen LogP contribution in [0.2, 0.25) is 0 Å². The lowest BCUT2D eigenvalue weighted by Gasteiger charge is -2.20. The van der Waals surface area contributed by atoms with E-state index in [2.05, 4.69) is 15.1 Å². The molecular formula is C26H25F3N4O3S. The smallest absolute Gasteiger partial charge is 0.416 e. The molecule has 0 radical (unpaired) electrons. The molecule has 1 N–H and O–H groups in total. The first-order chi connectivity index (χ1) is 17.7. The second kappa shape index (κ2) is 9.79. The molecule has 37 heavy (non-hydrogen) atoms. The molecule has 1 fully saturated rings. The van der Waals surface area contributed by atoms with Gasteiger partial charge in [-0.1, -0.05) is 23.5 Å². The highest BCUT2D eigenvalue weighted by atomic mass is 32.1. The third-order valence-electron chi connectivity index (χ3n) is 6.94. The number of likely N-dealkylation sites (tertiary alicyclic amines) is 1. The first-order valence-corrected chi connectivity index (χ1v) is 12.6. The van der Waals surface area contributed by atoms with Crippen molar-refractivity contribution in [1.82, 2.24) is 9.47 Å². The SMILES string of the molecule is COc1ccc(CC(c2sc(=O)n(C[C@@H]3CCCN3C)c2O)=c2ccc3c(c2)C=NN=3)c(C(F)(F)F)c1. The zero-order chi connectivity index (χ0) is 26.3. The summed E-state index contributed by atoms with van der Waals surface area (Å²) in [6, 6.07) is 9.12. The van der Waals surface area contributed by atoms with Crippen molar-refractivity contribution in [2.75, 3.05) is 20.7 Å². The van der Waals surface area contributed by atoms with E-state index in [0.29, 0.717) is 28.3 Å². The van der Waals surface area contributed by atoms with Crippen molar-refractivity contribution in [3.8, 4) is 11.6 Å². The van der Waals surface area contributed by atoms with Gasteiger partial charge < -0.3 is 14.7 Å². The van der Waals surface area contributed by atoms with Crippen LogP contribution < -0.4 is 20.2 Å². The van der Waals surface area contributed by atoms with Crippen LogP contribution in [0.1, 0.15) is 34.4 Å². The number of fused-ring (bicyclic) bond motifs is 1. The lowest BCUT2D eigenvalue weighted by Crippen LogP contribution is -2.31. The Balaban J connectivity index is 1.67. The van der Waals surface area contributed by atoms with Crippen molar-refractivity contribution in [1.29, 1.82) is 0 Å². The van der Waals surface area contributed by atoms with E-state index < -0.39 is 11.7 Å². The Morgan fingerprint density at radius 3 is 2.76 bits per heavy atom. The number of nitrogens with zero attached hydrogens (tertiary/aromatic N) is 4. The van der Waals surface area contributed by atoms with Crippen LogP contribution in [0, 0.1) is 0 Å². The second-order valence-corrected chi connectivity index (χ2v) is 10.2. The van der Waals surface area contributed by atoms with E-state index in [1.807, 2.05) is 7.05 Å². The number of aromatic nitrogens is 1. The average Bonchev–Trinajstić information content (AvgIpc) is 3.57. The monoisotopic (exact) mass is 530 g/mol. The van der Waals surface area contributed by atoms with Crippen LogP contribution in [-0.2, 0) is 19.1 Å². The molecule has 2 aromatic carbocycles. The van der Waals surface area contributed by atoms with Gasteiger partial charge in [-0.3, -0.25) is 9.36 Å². The van der Waals surface area contributed by atoms with Crippen molar-refractivity contribution in [3.05, 3.63) is 78.2 Å². The van der Waals surface area contributed by atoms with Gasteiger partial charge in [0, 0.05) is 24.6 Å². The molecule has 5 rings (SSSR count). The van der Waals surface area contributed by atoms with Crippen LogP contribution in [-0.4, -0.2) is 47.5 Å². The zero-order valence-corrected chi connectivity index (χ0v) is 21.1. The summed E-state index contributed by atoms with van der Waals surface area (Å²) in [5, 5.41) is 20.3. The molecule has 3 aromatic rings. The third kappa shape index (κ3) is 4.93. The fourth-order valence-electron chi connectivity index (χ4n) is 4.87. The number of likely N-dealkylation sites (N-methyl/N-ethyl adjacent to an activating group) is 1. The molecule has 3 heterocycles. The van der Waals surface area contributed by atoms with Gasteiger partial charge in [0.2, 0.25) is 5.88 Å². The van der Waals surface area contributed by atoms with Crippen LogP contribution in [0.4, 0.5) is 13.2 Å². The molecule has 1 saturated heterocycles. The van der Waals surface area contributed by atoms with Gasteiger partial charge in [-0.2, -0.15) is 23.4 Å². The number of halogens is 3. The molecule has 0 amide bonds. The van der Waals surface area contributed by atoms with Crippen molar-refractivity contribution < 1.29 is 23.0 Å². The molecule has 0 unspecified atom stereocenters. The number of hydrogen-bond donors (Lipinski definition) is 1. The van der Waals surface area contributed by atoms with E-state index in [4.69, 9.17) is 4.74 Å². The van der Waals surface area contributed by atoms with E-state index >= 15 is 0 Å². The maximum Gasteiger partial charge on any atom is 0.416 e. The number of benzene rings is 2. The quantitative estimate of drug-likeness (QED) is 0.531. The zero-order valence-electron chi connectivity index (χ0n) is 20.2. The summed E-state index contributed by atoms with van der Waals surface area (Å²) >= 11 is 0.841. The van der Waals surface area contributed by atoms with Crippen LogP contribution in [0.15, 0.2) is 51.4 Å². The van der Waals surface area contributed by atoms with Crippen LogP contribution in [0.3, 0.4) is 0 Å². The molecule has 0 spiro atoms. The molecule has 2 aliphatic rings. The van der Waals surface area contributed by atoms with E-state index in [1.54, 1.807) is 24.4 Å². The summed E-state index contributed by atoms with van der Waals surface area (Å²) < 4.78 is 48.4. The van der Waals surface area contributed by atoms with E-state index in [-0.39, 0.29) is 39.4 Å². The number of aromatic hydroxyl groups is 1. The topological polar surface area (TPSA) is 79.4 Å². The van der Waals surface area contributed by atoms with E-state index in [9.17, 15) is 23.1 Å². The minimum absolute atomic E-state index is 0.00415. The van der Waals surface area contributed by atoms with Crippen LogP contribution in [0.25, 0.3) is 5.57 Å². The molecular weight excluding hydrogens is 505 g/mol. The molecule has 194 valence electrons. The normalized spacial score (nSPS) is 18.1. The third-order valence-corrected chi connectivity index (χ3v) is 7.96. The molecule has 11 heteroatoms. The summed E-state index contributed by atoms with van der Waals surface area (Å²) in [5.41, 5.74) is 0.293. The molecule has 1 aromatic heterocycles. The van der Waals surface area contributed by atoms with Gasteiger partial charge >= 0.3 is 11.0 Å². The first-order valence-electron chi connectivity index (χ1n) is 11.8. The summed E-state index contributed by atoms with van der Waals surface area (Å²) in [4.78, 5) is 15.0. The van der Waals surface area contributed by atoms with Crippen LogP contribution in [0.5, 0.6) is 11.6 Å². The fraction of sp³-hybridized carbons (Fsp3) is 0.346. The lowest BCUT2D eigenvalue weighted by molar-refractivity contribution is -0.138. The second-order valence-electron chi connectivity index (χ2n) is 9.20. The van der Waals surface area contributed by atoms with Crippen molar-refractivity contribution >= 4 is 23.1 Å². The Morgan fingerprint density at radius 2 is 2.05 bits per heavy atom. The summed E-state index contributed by atoms with van der Waals surface area (Å²) in [6.45, 7) is 1.23. The van der Waals surface area contributed by atoms with Crippen molar-refractivity contribution in [3.63, 3.8) is 0 Å². The summed E-state index contributed by atoms with van der Waals surface area (Å²) in [7, 11) is 3.29. The summed E-state index contributed by atoms with van der Waals surface area (Å²) in [6.07, 6.45) is -1.31. The molecule has 0 aliphatic carbocycles. The number of ether oxygens (including phenoxy) is 1. The van der Waals surface area contributed by atoms with Gasteiger partial charge in [-0.05, 0) is 67.1 Å². The standard InChI is InChI=1S/C26H25F3N4O3S/c1-32-9-3-4-18(32)14-33-24(34)23(37-25(33)35)20(15-6-8-22-17(10-15)13-30-31-22)11-16-5-7-19(36-2)12-21(16)26(27,28)29/h5-8,10,12-13,18,34H,3-4,9,11,14H2,1-2H3/t18-/m0/s1. The molecule has 2 aliphatic heterocycles. The first kappa shape index (κ1) is 25.2. The minimum atomic E-state index is -4.62. The lowest BCUT2D eigenvalue weighted by atomic mass is 9.96. The Morgan fingerprint density at radius 1 is 1.24 bits per heavy atom. The molecule has 0 saturated carbocycles. The van der Waals surface area contributed by atoms with Crippen LogP contribution >= 0.6 is 11.3 Å². The maximum absolute atomic E-state index is 14.0. The van der Waals surface area contributed by atoms with Gasteiger partial charge in [0.05, 0.1) is 29.1 Å². The van der Waals surface area contributed by atoms with Gasteiger partial charge in [0.1, 0.15) is 5.75 Å². The highest BCUT2D eigenvalue weighted by Crippen LogP contribution is 2.37. The predicted molar refractivity (Wildman–Crippen MR) is 135 cm³/mol. The highest BCUT2D eigenvalue weighted by molar-refractivity contribution is 7.10. The van der Waals surface area contributed by atoms with Crippen molar-refractivity contribution in [2.24, 2.45) is 10.2 Å². The van der Waals surface area contributed by atoms with E-state index in [0.717, 1.165) is 36.8 Å². The number of thiazole rings is 1. The highest BCUT2D eigenvalue weighted by Gasteiger charge is 2.34. The van der Waals surface area contributed by atoms with Gasteiger partial charge in [-0.25, -0.2) is 0 Å². The Bertz CT molecular complexity index is 1560. The van der Waals surface area contributed by atoms with E-state index in [1.165, 1.54) is 23.8 Å². The van der Waals surface area contributed by atoms with Crippen molar-refractivity contribution in [2.45, 2.75) is 38.0 Å². The maximum atomic E-state index is 14.0. The molecule has 7 nitrogen and oxygen atoms in total. The molecule has 1 atom stereocenters. The van der Waals surface area contributed by atoms with Gasteiger partial charge in [0.25, 0.3) is 0 Å². The van der Waals surface area contributed by atoms with Gasteiger partial charge in [0.15, 0.2) is 0 Å². The molecule has 0 bridgehead atoms. The van der Waals surface area contributed by atoms with Gasteiger partial charge in [-0.15, -0.1) is 0 Å². The number of rotatable bonds is 6. The predicted octanol–water partition coefficient (Wildman–Crippen LogP) is 3.15. The minimum Gasteiger partial charge on any atom is -0.497 e. The summed E-state index contributed by atoms with van der Waals surface area (Å²) in [5.74, 6) is -0.140. The number of methoxy groups -OCH3 is 1. The Labute approximate surface area is 214 Å². The number of hydrogen-bond acceptors (Lipinski definition) is 7. The average molecular weight is 531 g/mol. The fourth-order valence-corrected chi connectivity index (χ4v) is 5.83. The Hall–Kier alpha value is -3.44. The number of alkyl halides is 3.